The van der Waals surface area contributed by atoms with Crippen LogP contribution in [-0.4, -0.2) is 32.5 Å². The van der Waals surface area contributed by atoms with Crippen molar-refractivity contribution in [3.05, 3.63) is 39.5 Å². The smallest absolute Gasteiger partial charge is 0.294 e. The van der Waals surface area contributed by atoms with E-state index in [9.17, 15) is 8.42 Å². The Morgan fingerprint density at radius 3 is 2.73 bits per heavy atom. The standard InChI is InChI=1S/C16H17ClN2O3S4/c1-3-22-9-8-19-12-5-4-11(23-2)10-13(12)24-16(19)18-26(20,21)15-7-6-14(17)25-15/h4-7,10H,3,8-9H2,1-2H3. The van der Waals surface area contributed by atoms with E-state index in [4.69, 9.17) is 16.3 Å². The summed E-state index contributed by atoms with van der Waals surface area (Å²) in [5.74, 6) is 0. The van der Waals surface area contributed by atoms with Gasteiger partial charge in [-0.05, 0) is 43.5 Å². The number of thiazole rings is 1. The summed E-state index contributed by atoms with van der Waals surface area (Å²) >= 11 is 9.88. The number of aromatic nitrogens is 1. The molecule has 0 saturated carbocycles. The molecule has 26 heavy (non-hydrogen) atoms. The third-order valence-corrected chi connectivity index (χ3v) is 8.40. The van der Waals surface area contributed by atoms with Crippen LogP contribution in [0, 0.1) is 0 Å². The van der Waals surface area contributed by atoms with E-state index in [1.165, 1.54) is 17.4 Å². The summed E-state index contributed by atoms with van der Waals surface area (Å²) in [6, 6.07) is 9.12. The van der Waals surface area contributed by atoms with E-state index in [0.29, 0.717) is 28.9 Å². The third kappa shape index (κ3) is 4.35. The lowest BCUT2D eigenvalue weighted by Gasteiger charge is -2.06. The molecule has 0 spiro atoms. The fraction of sp³-hybridized carbons (Fsp3) is 0.312. The molecule has 0 N–H and O–H groups in total. The molecule has 0 saturated heterocycles. The molecule has 3 aromatic rings. The molecule has 3 rings (SSSR count). The average molecular weight is 449 g/mol. The molecule has 1 aromatic carbocycles. The van der Waals surface area contributed by atoms with Crippen LogP contribution in [0.15, 0.2) is 43.8 Å². The van der Waals surface area contributed by atoms with Gasteiger partial charge in [0, 0.05) is 18.0 Å². The molecule has 0 amide bonds. The summed E-state index contributed by atoms with van der Waals surface area (Å²) in [6.07, 6.45) is 2.01. The van der Waals surface area contributed by atoms with E-state index in [1.807, 2.05) is 29.9 Å². The fourth-order valence-corrected chi connectivity index (χ4v) is 6.62. The normalized spacial score (nSPS) is 13.0. The largest absolute Gasteiger partial charge is 0.380 e. The Bertz CT molecular complexity index is 1080. The van der Waals surface area contributed by atoms with E-state index in [1.54, 1.807) is 17.8 Å². The zero-order valence-electron chi connectivity index (χ0n) is 14.1. The Labute approximate surface area is 169 Å². The first-order valence-corrected chi connectivity index (χ1v) is 12.4. The second kappa shape index (κ2) is 8.45. The number of fused-ring (bicyclic) bond motifs is 1. The Balaban J connectivity index is 2.14. The number of hydrogen-bond donors (Lipinski definition) is 0. The van der Waals surface area contributed by atoms with Crippen molar-refractivity contribution >= 4 is 66.3 Å². The highest BCUT2D eigenvalue weighted by Crippen LogP contribution is 2.28. The highest BCUT2D eigenvalue weighted by molar-refractivity contribution is 7.98. The van der Waals surface area contributed by atoms with Crippen molar-refractivity contribution in [2.24, 2.45) is 4.40 Å². The van der Waals surface area contributed by atoms with Crippen molar-refractivity contribution in [3.8, 4) is 0 Å². The van der Waals surface area contributed by atoms with Crippen molar-refractivity contribution < 1.29 is 13.2 Å². The van der Waals surface area contributed by atoms with E-state index in [0.717, 1.165) is 26.4 Å². The maximum absolute atomic E-state index is 12.6. The maximum atomic E-state index is 12.6. The second-order valence-corrected chi connectivity index (χ2v) is 10.6. The molecule has 5 nitrogen and oxygen atoms in total. The minimum atomic E-state index is -3.81. The Morgan fingerprint density at radius 1 is 1.27 bits per heavy atom. The third-order valence-electron chi connectivity index (χ3n) is 3.55. The van der Waals surface area contributed by atoms with E-state index in [2.05, 4.69) is 10.5 Å². The molecule has 0 radical (unpaired) electrons. The van der Waals surface area contributed by atoms with Gasteiger partial charge in [-0.15, -0.1) is 27.5 Å². The van der Waals surface area contributed by atoms with Crippen molar-refractivity contribution in [2.75, 3.05) is 19.5 Å². The van der Waals surface area contributed by atoms with Gasteiger partial charge in [-0.25, -0.2) is 0 Å². The lowest BCUT2D eigenvalue weighted by molar-refractivity contribution is 0.139. The number of sulfonamides is 1. The van der Waals surface area contributed by atoms with Gasteiger partial charge in [0.05, 0.1) is 21.2 Å². The molecule has 0 aliphatic heterocycles. The lowest BCUT2D eigenvalue weighted by Crippen LogP contribution is -2.19. The van der Waals surface area contributed by atoms with E-state index >= 15 is 0 Å². The van der Waals surface area contributed by atoms with Crippen molar-refractivity contribution in [2.45, 2.75) is 22.6 Å². The van der Waals surface area contributed by atoms with Crippen LogP contribution < -0.4 is 4.80 Å². The zero-order valence-corrected chi connectivity index (χ0v) is 18.2. The first-order valence-electron chi connectivity index (χ1n) is 7.76. The van der Waals surface area contributed by atoms with Crippen LogP contribution in [0.5, 0.6) is 0 Å². The quantitative estimate of drug-likeness (QED) is 0.395. The van der Waals surface area contributed by atoms with Gasteiger partial charge in [0.25, 0.3) is 10.0 Å². The lowest BCUT2D eigenvalue weighted by atomic mass is 10.3. The van der Waals surface area contributed by atoms with Crippen molar-refractivity contribution in [3.63, 3.8) is 0 Å². The zero-order chi connectivity index (χ0) is 18.7. The molecule has 2 aromatic heterocycles. The number of rotatable bonds is 7. The summed E-state index contributed by atoms with van der Waals surface area (Å²) < 4.78 is 38.3. The van der Waals surface area contributed by atoms with Crippen LogP contribution in [0.2, 0.25) is 4.34 Å². The van der Waals surface area contributed by atoms with Gasteiger partial charge in [-0.2, -0.15) is 8.42 Å². The summed E-state index contributed by atoms with van der Waals surface area (Å²) in [4.78, 5) is 1.55. The van der Waals surface area contributed by atoms with Gasteiger partial charge >= 0.3 is 0 Å². The molecular weight excluding hydrogens is 432 g/mol. The Hall–Kier alpha value is -0.840. The van der Waals surface area contributed by atoms with Crippen LogP contribution in [0.3, 0.4) is 0 Å². The molecular formula is C16H17ClN2O3S4. The van der Waals surface area contributed by atoms with Gasteiger partial charge in [0.2, 0.25) is 4.80 Å². The summed E-state index contributed by atoms with van der Waals surface area (Å²) in [7, 11) is -3.81. The topological polar surface area (TPSA) is 60.7 Å². The molecule has 0 fully saturated rings. The molecule has 0 aliphatic rings. The number of hydrogen-bond acceptors (Lipinski definition) is 6. The van der Waals surface area contributed by atoms with Crippen LogP contribution in [0.4, 0.5) is 0 Å². The van der Waals surface area contributed by atoms with Crippen LogP contribution in [0.1, 0.15) is 6.92 Å². The average Bonchev–Trinajstić information content (AvgIpc) is 3.18. The molecule has 2 heterocycles. The number of nitrogens with zero attached hydrogens (tertiary/aromatic N) is 2. The van der Waals surface area contributed by atoms with Crippen LogP contribution in [0.25, 0.3) is 10.2 Å². The first-order chi connectivity index (χ1) is 12.4. The second-order valence-electron chi connectivity index (χ2n) is 5.19. The highest BCUT2D eigenvalue weighted by atomic mass is 35.5. The summed E-state index contributed by atoms with van der Waals surface area (Å²) in [5, 5.41) is 0. The van der Waals surface area contributed by atoms with Gasteiger partial charge in [0.1, 0.15) is 4.21 Å². The number of thioether (sulfide) groups is 1. The van der Waals surface area contributed by atoms with Crippen molar-refractivity contribution in [1.82, 2.24) is 4.57 Å². The van der Waals surface area contributed by atoms with Crippen molar-refractivity contribution in [1.29, 1.82) is 0 Å². The predicted molar refractivity (Wildman–Crippen MR) is 110 cm³/mol. The first kappa shape index (κ1) is 19.9. The maximum Gasteiger partial charge on any atom is 0.294 e. The highest BCUT2D eigenvalue weighted by Gasteiger charge is 2.17. The Kier molecular flexibility index (Phi) is 6.47. The molecule has 0 bridgehead atoms. The summed E-state index contributed by atoms with van der Waals surface area (Å²) in [5.41, 5.74) is 0.950. The predicted octanol–water partition coefficient (Wildman–Crippen LogP) is 4.47. The van der Waals surface area contributed by atoms with Crippen LogP contribution >= 0.6 is 46.0 Å². The fourth-order valence-electron chi connectivity index (χ4n) is 2.35. The Morgan fingerprint density at radius 2 is 2.08 bits per heavy atom. The number of thiophene rings is 1. The molecule has 140 valence electrons. The SMILES string of the molecule is CCOCCn1c(=NS(=O)(=O)c2ccc(Cl)s2)sc2cc(SC)ccc21. The van der Waals surface area contributed by atoms with Crippen LogP contribution in [-0.2, 0) is 21.3 Å². The van der Waals surface area contributed by atoms with Gasteiger partial charge in [0.15, 0.2) is 0 Å². The minimum Gasteiger partial charge on any atom is -0.380 e. The number of ether oxygens (including phenoxy) is 1. The van der Waals surface area contributed by atoms with Gasteiger partial charge < -0.3 is 9.30 Å². The molecule has 0 unspecified atom stereocenters. The summed E-state index contributed by atoms with van der Waals surface area (Å²) in [6.45, 7) is 3.56. The van der Waals surface area contributed by atoms with Gasteiger partial charge in [-0.1, -0.05) is 22.9 Å². The molecule has 0 aliphatic carbocycles. The number of halogens is 1. The minimum absolute atomic E-state index is 0.140. The van der Waals surface area contributed by atoms with Gasteiger partial charge in [-0.3, -0.25) is 0 Å². The number of benzene rings is 1. The van der Waals surface area contributed by atoms with E-state index < -0.39 is 10.0 Å². The molecule has 0 atom stereocenters. The van der Waals surface area contributed by atoms with E-state index in [-0.39, 0.29) is 4.21 Å². The monoisotopic (exact) mass is 448 g/mol. The molecule has 10 heteroatoms.